The molecule has 0 radical (unpaired) electrons. The van der Waals surface area contributed by atoms with E-state index in [-0.39, 0.29) is 17.1 Å². The molecule has 6 rings (SSSR count). The number of nitrogens with zero attached hydrogens (tertiary/aromatic N) is 1. The third kappa shape index (κ3) is 3.44. The molecule has 1 aliphatic heterocycles. The third-order valence-corrected chi connectivity index (χ3v) is 7.33. The number of anilines is 2. The summed E-state index contributed by atoms with van der Waals surface area (Å²) in [5.74, 6) is 0.0115. The molecule has 1 aliphatic carbocycles. The van der Waals surface area contributed by atoms with Crippen molar-refractivity contribution in [3.05, 3.63) is 95.7 Å². The molecule has 1 N–H and O–H groups in total. The number of amides is 1. The van der Waals surface area contributed by atoms with Gasteiger partial charge in [0.25, 0.3) is 0 Å². The predicted molar refractivity (Wildman–Crippen MR) is 142 cm³/mol. The molecule has 1 amide bonds. The predicted octanol–water partition coefficient (Wildman–Crippen LogP) is 7.16. The summed E-state index contributed by atoms with van der Waals surface area (Å²) in [7, 11) is 0. The highest BCUT2D eigenvalue weighted by molar-refractivity contribution is 6.10. The van der Waals surface area contributed by atoms with E-state index in [0.29, 0.717) is 12.0 Å². The zero-order valence-corrected chi connectivity index (χ0v) is 20.3. The van der Waals surface area contributed by atoms with Gasteiger partial charge in [-0.2, -0.15) is 0 Å². The standard InChI is InChI=1S/C31H28N2O2/c1-19(34)33-26-15-9-8-14-24(26)32-25-17-31(2,3)18-27(35)29(25)30(33)28-22-12-6-4-10-20(22)16-21-11-5-7-13-23(21)28/h4-16,30,32H,17-18H2,1-3H3/t30-/m0/s1. The van der Waals surface area contributed by atoms with Gasteiger partial charge >= 0.3 is 0 Å². The fraction of sp³-hybridized carbons (Fsp3) is 0.226. The molecule has 0 fully saturated rings. The van der Waals surface area contributed by atoms with E-state index >= 15 is 0 Å². The number of allylic oxidation sites excluding steroid dienone is 1. The number of Topliss-reactive ketones (excluding diaryl/α,β-unsaturated/α-hetero) is 1. The summed E-state index contributed by atoms with van der Waals surface area (Å²) >= 11 is 0. The molecule has 1 atom stereocenters. The fourth-order valence-electron chi connectivity index (χ4n) is 5.95. The van der Waals surface area contributed by atoms with Gasteiger partial charge in [0.2, 0.25) is 5.91 Å². The first-order chi connectivity index (χ1) is 16.8. The Bertz CT molecular complexity index is 1510. The van der Waals surface area contributed by atoms with Crippen LogP contribution in [0.1, 0.15) is 45.2 Å². The van der Waals surface area contributed by atoms with Crippen LogP contribution < -0.4 is 10.2 Å². The molecule has 35 heavy (non-hydrogen) atoms. The van der Waals surface area contributed by atoms with Crippen LogP contribution in [0, 0.1) is 5.41 Å². The summed E-state index contributed by atoms with van der Waals surface area (Å²) in [6.07, 6.45) is 1.20. The lowest BCUT2D eigenvalue weighted by atomic mass is 9.72. The van der Waals surface area contributed by atoms with Crippen molar-refractivity contribution in [2.45, 2.75) is 39.7 Å². The average molecular weight is 461 g/mol. The average Bonchev–Trinajstić information content (AvgIpc) is 2.95. The molecule has 1 heterocycles. The molecular weight excluding hydrogens is 432 g/mol. The van der Waals surface area contributed by atoms with E-state index in [1.54, 1.807) is 6.92 Å². The first kappa shape index (κ1) is 21.6. The molecule has 4 aromatic carbocycles. The Labute approximate surface area is 205 Å². The smallest absolute Gasteiger partial charge is 0.224 e. The maximum absolute atomic E-state index is 13.9. The van der Waals surface area contributed by atoms with Crippen LogP contribution in [0.25, 0.3) is 21.5 Å². The molecule has 174 valence electrons. The van der Waals surface area contributed by atoms with Crippen LogP contribution in [0.2, 0.25) is 0 Å². The van der Waals surface area contributed by atoms with Gasteiger partial charge in [0.05, 0.1) is 17.4 Å². The van der Waals surface area contributed by atoms with Crippen molar-refractivity contribution in [3.63, 3.8) is 0 Å². The molecule has 4 heteroatoms. The molecule has 2 aliphatic rings. The summed E-state index contributed by atoms with van der Waals surface area (Å²) in [5.41, 5.74) is 4.12. The number of carbonyl (C=O) groups excluding carboxylic acids is 2. The lowest BCUT2D eigenvalue weighted by Gasteiger charge is -2.37. The minimum atomic E-state index is -0.529. The zero-order valence-electron chi connectivity index (χ0n) is 20.3. The van der Waals surface area contributed by atoms with Crippen molar-refractivity contribution in [3.8, 4) is 0 Å². The normalized spacial score (nSPS) is 19.2. The Morgan fingerprint density at radius 1 is 0.886 bits per heavy atom. The SMILES string of the molecule is CC(=O)N1c2ccccc2NC2=C(C(=O)CC(C)(C)C2)[C@@H]1c1c2ccccc2cc2ccccc12. The van der Waals surface area contributed by atoms with Crippen molar-refractivity contribution in [1.29, 1.82) is 0 Å². The molecular formula is C31H28N2O2. The van der Waals surface area contributed by atoms with Crippen LogP contribution in [-0.4, -0.2) is 11.7 Å². The van der Waals surface area contributed by atoms with E-state index in [4.69, 9.17) is 0 Å². The lowest BCUT2D eigenvalue weighted by Crippen LogP contribution is -2.38. The number of benzene rings is 4. The second kappa shape index (κ2) is 7.81. The van der Waals surface area contributed by atoms with Gasteiger partial charge in [0.1, 0.15) is 0 Å². The van der Waals surface area contributed by atoms with Crippen LogP contribution >= 0.6 is 0 Å². The second-order valence-corrected chi connectivity index (χ2v) is 10.5. The van der Waals surface area contributed by atoms with E-state index in [0.717, 1.165) is 50.6 Å². The molecule has 0 saturated carbocycles. The van der Waals surface area contributed by atoms with E-state index < -0.39 is 6.04 Å². The Morgan fingerprint density at radius 2 is 1.49 bits per heavy atom. The molecule has 4 aromatic rings. The van der Waals surface area contributed by atoms with Gasteiger partial charge in [0.15, 0.2) is 5.78 Å². The highest BCUT2D eigenvalue weighted by Gasteiger charge is 2.43. The van der Waals surface area contributed by atoms with Crippen molar-refractivity contribution >= 4 is 44.6 Å². The van der Waals surface area contributed by atoms with Gasteiger partial charge in [-0.3, -0.25) is 14.5 Å². The minimum Gasteiger partial charge on any atom is -0.357 e. The van der Waals surface area contributed by atoms with Crippen LogP contribution in [0.3, 0.4) is 0 Å². The number of ketones is 1. The Hall–Kier alpha value is -3.92. The zero-order chi connectivity index (χ0) is 24.3. The summed E-state index contributed by atoms with van der Waals surface area (Å²) in [6.45, 7) is 5.87. The van der Waals surface area contributed by atoms with E-state index in [2.05, 4.69) is 49.5 Å². The number of hydrogen-bond donors (Lipinski definition) is 1. The van der Waals surface area contributed by atoms with Crippen molar-refractivity contribution < 1.29 is 9.59 Å². The first-order valence-electron chi connectivity index (χ1n) is 12.2. The summed E-state index contributed by atoms with van der Waals surface area (Å²) < 4.78 is 0. The molecule has 0 aromatic heterocycles. The van der Waals surface area contributed by atoms with Crippen LogP contribution in [0.5, 0.6) is 0 Å². The highest BCUT2D eigenvalue weighted by Crippen LogP contribution is 2.50. The quantitative estimate of drug-likeness (QED) is 0.307. The number of nitrogens with one attached hydrogen (secondary N) is 1. The Balaban J connectivity index is 1.78. The van der Waals surface area contributed by atoms with Crippen LogP contribution in [0.15, 0.2) is 90.1 Å². The van der Waals surface area contributed by atoms with Gasteiger partial charge in [0, 0.05) is 24.6 Å². The monoisotopic (exact) mass is 460 g/mol. The third-order valence-electron chi connectivity index (χ3n) is 7.33. The number of carbonyl (C=O) groups is 2. The molecule has 0 unspecified atom stereocenters. The van der Waals surface area contributed by atoms with Gasteiger partial charge in [-0.15, -0.1) is 0 Å². The number of fused-ring (bicyclic) bond motifs is 3. The topological polar surface area (TPSA) is 49.4 Å². The van der Waals surface area contributed by atoms with Crippen molar-refractivity contribution in [2.24, 2.45) is 5.41 Å². The number of rotatable bonds is 1. The largest absolute Gasteiger partial charge is 0.357 e. The molecule has 0 saturated heterocycles. The van der Waals surface area contributed by atoms with Gasteiger partial charge in [-0.1, -0.05) is 74.5 Å². The molecule has 0 spiro atoms. The number of hydrogen-bond acceptors (Lipinski definition) is 3. The van der Waals surface area contributed by atoms with Gasteiger partial charge in [-0.05, 0) is 57.1 Å². The lowest BCUT2D eigenvalue weighted by molar-refractivity contribution is -0.118. The molecule has 4 nitrogen and oxygen atoms in total. The first-order valence-corrected chi connectivity index (χ1v) is 12.2. The maximum atomic E-state index is 13.9. The molecule has 0 bridgehead atoms. The minimum absolute atomic E-state index is 0.0901. The Kier molecular flexibility index (Phi) is 4.82. The van der Waals surface area contributed by atoms with Crippen molar-refractivity contribution in [1.82, 2.24) is 0 Å². The Morgan fingerprint density at radius 3 is 2.14 bits per heavy atom. The van der Waals surface area contributed by atoms with Crippen molar-refractivity contribution in [2.75, 3.05) is 10.2 Å². The maximum Gasteiger partial charge on any atom is 0.224 e. The highest BCUT2D eigenvalue weighted by atomic mass is 16.2. The van der Waals surface area contributed by atoms with E-state index in [1.807, 2.05) is 53.4 Å². The summed E-state index contributed by atoms with van der Waals surface area (Å²) in [4.78, 5) is 29.2. The summed E-state index contributed by atoms with van der Waals surface area (Å²) in [6, 6.07) is 26.1. The second-order valence-electron chi connectivity index (χ2n) is 10.5. The van der Waals surface area contributed by atoms with E-state index in [9.17, 15) is 9.59 Å². The van der Waals surface area contributed by atoms with Gasteiger partial charge < -0.3 is 5.32 Å². The van der Waals surface area contributed by atoms with Crippen LogP contribution in [0.4, 0.5) is 11.4 Å². The van der Waals surface area contributed by atoms with E-state index in [1.165, 1.54) is 0 Å². The summed E-state index contributed by atoms with van der Waals surface area (Å²) in [5, 5.41) is 7.91. The van der Waals surface area contributed by atoms with Gasteiger partial charge in [-0.25, -0.2) is 0 Å². The fourth-order valence-corrected chi connectivity index (χ4v) is 5.95. The number of para-hydroxylation sites is 2. The van der Waals surface area contributed by atoms with Crippen LogP contribution in [-0.2, 0) is 9.59 Å².